The van der Waals surface area contributed by atoms with Crippen molar-refractivity contribution in [3.05, 3.63) is 48.6 Å². The van der Waals surface area contributed by atoms with Crippen molar-refractivity contribution in [2.45, 2.75) is 12.3 Å². The zero-order valence-electron chi connectivity index (χ0n) is 10.5. The fourth-order valence-electron chi connectivity index (χ4n) is 2.67. The van der Waals surface area contributed by atoms with Gasteiger partial charge in [-0.1, -0.05) is 36.4 Å². The molecule has 1 aliphatic heterocycles. The van der Waals surface area contributed by atoms with Crippen molar-refractivity contribution >= 4 is 5.97 Å². The third-order valence-corrected chi connectivity index (χ3v) is 3.53. The molecule has 1 heterocycles. The molecule has 3 heteroatoms. The van der Waals surface area contributed by atoms with Crippen molar-refractivity contribution in [3.63, 3.8) is 0 Å². The average Bonchev–Trinajstić information content (AvgIpc) is 2.40. The topological polar surface area (TPSA) is 40.5 Å². The molecule has 2 unspecified atom stereocenters. The highest BCUT2D eigenvalue weighted by Gasteiger charge is 2.31. The number of nitrogens with zero attached hydrogens (tertiary/aromatic N) is 1. The van der Waals surface area contributed by atoms with Gasteiger partial charge in [-0.15, -0.1) is 6.58 Å². The number of rotatable bonds is 4. The Bertz CT molecular complexity index is 416. The van der Waals surface area contributed by atoms with Gasteiger partial charge in [0.05, 0.1) is 5.92 Å². The average molecular weight is 245 g/mol. The summed E-state index contributed by atoms with van der Waals surface area (Å²) in [6, 6.07) is 10.2. The molecular weight excluding hydrogens is 226 g/mol. The third-order valence-electron chi connectivity index (χ3n) is 3.53. The Kier molecular flexibility index (Phi) is 4.15. The lowest BCUT2D eigenvalue weighted by atomic mass is 9.84. The monoisotopic (exact) mass is 245 g/mol. The molecule has 1 aliphatic rings. The smallest absolute Gasteiger partial charge is 0.307 e. The van der Waals surface area contributed by atoms with Crippen molar-refractivity contribution < 1.29 is 9.90 Å². The lowest BCUT2D eigenvalue weighted by molar-refractivity contribution is -0.143. The molecule has 1 aromatic rings. The summed E-state index contributed by atoms with van der Waals surface area (Å²) in [4.78, 5) is 13.4. The first-order valence-electron chi connectivity index (χ1n) is 6.31. The molecule has 2 atom stereocenters. The molecule has 0 spiro atoms. The van der Waals surface area contributed by atoms with E-state index >= 15 is 0 Å². The number of carbonyl (C=O) groups is 1. The quantitative estimate of drug-likeness (QED) is 0.828. The maximum Gasteiger partial charge on any atom is 0.307 e. The van der Waals surface area contributed by atoms with E-state index in [1.165, 1.54) is 5.56 Å². The maximum absolute atomic E-state index is 11.2. The van der Waals surface area contributed by atoms with Crippen LogP contribution in [0.1, 0.15) is 17.9 Å². The fraction of sp³-hybridized carbons (Fsp3) is 0.400. The largest absolute Gasteiger partial charge is 0.481 e. The first-order valence-corrected chi connectivity index (χ1v) is 6.31. The highest BCUT2D eigenvalue weighted by Crippen LogP contribution is 2.30. The van der Waals surface area contributed by atoms with E-state index in [4.69, 9.17) is 0 Å². The van der Waals surface area contributed by atoms with E-state index in [1.54, 1.807) is 0 Å². The molecule has 0 amide bonds. The minimum absolute atomic E-state index is 0.274. The highest BCUT2D eigenvalue weighted by molar-refractivity contribution is 5.70. The Morgan fingerprint density at radius 3 is 2.72 bits per heavy atom. The van der Waals surface area contributed by atoms with Crippen molar-refractivity contribution in [1.82, 2.24) is 4.90 Å². The number of carboxylic acid groups (broad SMARTS) is 1. The summed E-state index contributed by atoms with van der Waals surface area (Å²) in [6.45, 7) is 6.04. The molecule has 3 nitrogen and oxygen atoms in total. The molecule has 1 fully saturated rings. The van der Waals surface area contributed by atoms with Crippen LogP contribution in [0.2, 0.25) is 0 Å². The van der Waals surface area contributed by atoms with Gasteiger partial charge in [-0.2, -0.15) is 0 Å². The van der Waals surface area contributed by atoms with Crippen molar-refractivity contribution in [1.29, 1.82) is 0 Å². The number of hydrogen-bond donors (Lipinski definition) is 1. The first kappa shape index (κ1) is 12.8. The van der Waals surface area contributed by atoms with Crippen molar-refractivity contribution in [2.75, 3.05) is 19.6 Å². The lowest BCUT2D eigenvalue weighted by Crippen LogP contribution is -2.42. The van der Waals surface area contributed by atoms with Crippen LogP contribution in [0.4, 0.5) is 0 Å². The van der Waals surface area contributed by atoms with Gasteiger partial charge in [-0.05, 0) is 17.9 Å². The molecule has 96 valence electrons. The molecular formula is C15H19NO2. The molecule has 1 saturated heterocycles. The molecule has 1 aromatic carbocycles. The lowest BCUT2D eigenvalue weighted by Gasteiger charge is -2.35. The minimum atomic E-state index is -0.690. The Hall–Kier alpha value is -1.61. The van der Waals surface area contributed by atoms with Crippen LogP contribution >= 0.6 is 0 Å². The van der Waals surface area contributed by atoms with Gasteiger partial charge in [0, 0.05) is 19.6 Å². The highest BCUT2D eigenvalue weighted by atomic mass is 16.4. The standard InChI is InChI=1S/C15H19NO2/c1-2-8-16-10-13(9-14(11-16)15(17)18)12-6-4-3-5-7-12/h2-7,13-14H,1,8-11H2,(H,17,18). The predicted molar refractivity (Wildman–Crippen MR) is 71.6 cm³/mol. The van der Waals surface area contributed by atoms with Gasteiger partial charge in [0.1, 0.15) is 0 Å². The fourth-order valence-corrected chi connectivity index (χ4v) is 2.67. The number of piperidine rings is 1. The van der Waals surface area contributed by atoms with Gasteiger partial charge in [-0.3, -0.25) is 9.69 Å². The summed E-state index contributed by atoms with van der Waals surface area (Å²) < 4.78 is 0. The second kappa shape index (κ2) is 5.83. The van der Waals surface area contributed by atoms with Crippen LogP contribution in [0.3, 0.4) is 0 Å². The van der Waals surface area contributed by atoms with Crippen LogP contribution in [-0.2, 0) is 4.79 Å². The molecule has 0 bridgehead atoms. The normalized spacial score (nSPS) is 24.7. The van der Waals surface area contributed by atoms with E-state index in [0.29, 0.717) is 12.5 Å². The summed E-state index contributed by atoms with van der Waals surface area (Å²) in [5.41, 5.74) is 1.23. The maximum atomic E-state index is 11.2. The molecule has 0 saturated carbocycles. The van der Waals surface area contributed by atoms with Crippen LogP contribution in [0.15, 0.2) is 43.0 Å². The zero-order chi connectivity index (χ0) is 13.0. The Balaban J connectivity index is 2.14. The van der Waals surface area contributed by atoms with Crippen LogP contribution in [0, 0.1) is 5.92 Å². The Labute approximate surface area is 108 Å². The number of hydrogen-bond acceptors (Lipinski definition) is 2. The van der Waals surface area contributed by atoms with Crippen LogP contribution in [0.5, 0.6) is 0 Å². The SMILES string of the molecule is C=CCN1CC(C(=O)O)CC(c2ccccc2)C1. The number of likely N-dealkylation sites (tertiary alicyclic amines) is 1. The van der Waals surface area contributed by atoms with Crippen LogP contribution in [-0.4, -0.2) is 35.6 Å². The van der Waals surface area contributed by atoms with Crippen LogP contribution < -0.4 is 0 Å². The van der Waals surface area contributed by atoms with Gasteiger partial charge in [0.2, 0.25) is 0 Å². The molecule has 2 rings (SSSR count). The van der Waals surface area contributed by atoms with E-state index in [0.717, 1.165) is 19.5 Å². The summed E-state index contributed by atoms with van der Waals surface area (Å²) in [6.07, 6.45) is 2.57. The number of aliphatic carboxylic acids is 1. The third kappa shape index (κ3) is 2.99. The second-order valence-corrected chi connectivity index (χ2v) is 4.89. The summed E-state index contributed by atoms with van der Waals surface area (Å²) >= 11 is 0. The number of benzene rings is 1. The molecule has 0 radical (unpaired) electrons. The van der Waals surface area contributed by atoms with Crippen molar-refractivity contribution in [2.24, 2.45) is 5.92 Å². The summed E-state index contributed by atoms with van der Waals surface area (Å²) in [5.74, 6) is -0.658. The second-order valence-electron chi connectivity index (χ2n) is 4.89. The van der Waals surface area contributed by atoms with Crippen molar-refractivity contribution in [3.8, 4) is 0 Å². The number of carboxylic acids is 1. The first-order chi connectivity index (χ1) is 8.70. The van der Waals surface area contributed by atoms with E-state index in [1.807, 2.05) is 24.3 Å². The predicted octanol–water partition coefficient (Wildman–Crippen LogP) is 2.36. The van der Waals surface area contributed by atoms with Gasteiger partial charge in [0.25, 0.3) is 0 Å². The van der Waals surface area contributed by atoms with Crippen LogP contribution in [0.25, 0.3) is 0 Å². The van der Waals surface area contributed by atoms with E-state index in [2.05, 4.69) is 23.6 Å². The summed E-state index contributed by atoms with van der Waals surface area (Å²) in [5, 5.41) is 9.24. The van der Waals surface area contributed by atoms with Gasteiger partial charge in [0.15, 0.2) is 0 Å². The van der Waals surface area contributed by atoms with Gasteiger partial charge >= 0.3 is 5.97 Å². The molecule has 0 aromatic heterocycles. The molecule has 18 heavy (non-hydrogen) atoms. The Morgan fingerprint density at radius 2 is 2.11 bits per heavy atom. The van der Waals surface area contributed by atoms with Gasteiger partial charge in [-0.25, -0.2) is 0 Å². The Morgan fingerprint density at radius 1 is 1.39 bits per heavy atom. The molecule has 1 N–H and O–H groups in total. The van der Waals surface area contributed by atoms with E-state index in [-0.39, 0.29) is 5.92 Å². The minimum Gasteiger partial charge on any atom is -0.481 e. The van der Waals surface area contributed by atoms with E-state index < -0.39 is 5.97 Å². The van der Waals surface area contributed by atoms with Gasteiger partial charge < -0.3 is 5.11 Å². The summed E-state index contributed by atoms with van der Waals surface area (Å²) in [7, 11) is 0. The molecule has 0 aliphatic carbocycles. The zero-order valence-corrected chi connectivity index (χ0v) is 10.5. The van der Waals surface area contributed by atoms with E-state index in [9.17, 15) is 9.90 Å².